The van der Waals surface area contributed by atoms with Crippen LogP contribution in [0, 0.1) is 35.2 Å². The Bertz CT molecular complexity index is 2030. The lowest BCUT2D eigenvalue weighted by Crippen LogP contribution is -2.65. The van der Waals surface area contributed by atoms with E-state index in [1.54, 1.807) is 12.1 Å². The summed E-state index contributed by atoms with van der Waals surface area (Å²) in [6.45, 7) is 4.05. The van der Waals surface area contributed by atoms with Gasteiger partial charge in [-0.25, -0.2) is 26.0 Å². The average molecular weight is 785 g/mol. The van der Waals surface area contributed by atoms with Gasteiger partial charge in [0.2, 0.25) is 9.84 Å². The third-order valence-electron chi connectivity index (χ3n) is 12.6. The van der Waals surface area contributed by atoms with Crippen LogP contribution in [-0.4, -0.2) is 95.2 Å². The molecule has 9 nitrogen and oxygen atoms in total. The van der Waals surface area contributed by atoms with Crippen LogP contribution in [0.4, 0.5) is 23.2 Å². The Kier molecular flexibility index (Phi) is 11.1. The van der Waals surface area contributed by atoms with E-state index in [2.05, 4.69) is 9.80 Å². The molecule has 3 atom stereocenters. The highest BCUT2D eigenvalue weighted by atomic mass is 32.2. The number of anilines is 1. The molecule has 3 aromatic rings. The van der Waals surface area contributed by atoms with E-state index in [0.717, 1.165) is 81.9 Å². The van der Waals surface area contributed by atoms with E-state index in [0.29, 0.717) is 25.6 Å². The molecule has 1 saturated carbocycles. The average Bonchev–Trinajstić information content (AvgIpc) is 3.58. The third-order valence-corrected chi connectivity index (χ3v) is 14.4. The van der Waals surface area contributed by atoms with Gasteiger partial charge >= 0.3 is 5.97 Å². The van der Waals surface area contributed by atoms with Crippen molar-refractivity contribution in [3.8, 4) is 0 Å². The fourth-order valence-corrected chi connectivity index (χ4v) is 11.1. The number of sulfone groups is 1. The molecule has 0 radical (unpaired) electrons. The van der Waals surface area contributed by atoms with Crippen LogP contribution < -0.4 is 10.6 Å². The van der Waals surface area contributed by atoms with E-state index in [1.165, 1.54) is 30.2 Å². The Morgan fingerprint density at radius 3 is 2.16 bits per heavy atom. The zero-order valence-corrected chi connectivity index (χ0v) is 31.8. The molecule has 7 rings (SSSR count). The first-order chi connectivity index (χ1) is 26.2. The number of nitrogens with two attached hydrogens (primary N) is 1. The number of nitrogens with zero attached hydrogens (tertiary/aromatic N) is 3. The molecular formula is C41H48F4N4O5S. The number of halogens is 4. The van der Waals surface area contributed by atoms with Gasteiger partial charge in [0, 0.05) is 24.9 Å². The van der Waals surface area contributed by atoms with Crippen LogP contribution in [0.5, 0.6) is 0 Å². The lowest BCUT2D eigenvalue weighted by molar-refractivity contribution is -0.142. The molecule has 2 N–H and O–H groups in total. The van der Waals surface area contributed by atoms with Gasteiger partial charge in [0.15, 0.2) is 5.67 Å². The summed E-state index contributed by atoms with van der Waals surface area (Å²) in [4.78, 5) is 29.2. The van der Waals surface area contributed by atoms with Crippen molar-refractivity contribution in [2.24, 2.45) is 23.5 Å². The topological polar surface area (TPSA) is 113 Å². The summed E-state index contributed by atoms with van der Waals surface area (Å²) < 4.78 is 92.3. The van der Waals surface area contributed by atoms with Crippen molar-refractivity contribution >= 4 is 27.4 Å². The third kappa shape index (κ3) is 7.74. The Hall–Kier alpha value is -4.01. The van der Waals surface area contributed by atoms with E-state index >= 15 is 8.78 Å². The van der Waals surface area contributed by atoms with Gasteiger partial charge in [0.05, 0.1) is 41.2 Å². The van der Waals surface area contributed by atoms with Crippen molar-refractivity contribution in [2.75, 3.05) is 64.4 Å². The first-order valence-electron chi connectivity index (χ1n) is 19.1. The van der Waals surface area contributed by atoms with Crippen molar-refractivity contribution in [2.45, 2.75) is 65.8 Å². The quantitative estimate of drug-likeness (QED) is 0.169. The highest BCUT2D eigenvalue weighted by molar-refractivity contribution is 7.91. The van der Waals surface area contributed by atoms with E-state index in [4.69, 9.17) is 10.5 Å². The fourth-order valence-electron chi connectivity index (χ4n) is 9.86. The zero-order valence-electron chi connectivity index (χ0n) is 31.0. The molecule has 4 aliphatic rings. The van der Waals surface area contributed by atoms with Crippen molar-refractivity contribution in [1.82, 2.24) is 9.80 Å². The predicted octanol–water partition coefficient (Wildman–Crippen LogP) is 5.90. The number of likely N-dealkylation sites (tertiary alicyclic amines) is 2. The molecule has 4 fully saturated rings. The summed E-state index contributed by atoms with van der Waals surface area (Å²) in [5, 5.41) is 0. The number of amides is 1. The molecule has 0 unspecified atom stereocenters. The molecule has 3 saturated heterocycles. The summed E-state index contributed by atoms with van der Waals surface area (Å²) in [6, 6.07) is 13.0. The predicted molar refractivity (Wildman–Crippen MR) is 199 cm³/mol. The number of alkyl halides is 1. The van der Waals surface area contributed by atoms with Gasteiger partial charge in [-0.2, -0.15) is 0 Å². The number of methoxy groups -OCH3 is 1. The lowest BCUT2D eigenvalue weighted by Gasteiger charge is -2.54. The Morgan fingerprint density at radius 2 is 1.56 bits per heavy atom. The highest BCUT2D eigenvalue weighted by Gasteiger charge is 2.53. The maximum Gasteiger partial charge on any atom is 0.305 e. The Balaban J connectivity index is 1.03. The van der Waals surface area contributed by atoms with Gasteiger partial charge in [-0.05, 0) is 130 Å². The van der Waals surface area contributed by atoms with Crippen molar-refractivity contribution in [3.63, 3.8) is 0 Å². The van der Waals surface area contributed by atoms with Crippen LogP contribution in [0.2, 0.25) is 0 Å². The number of rotatable bonds is 13. The number of carbonyl (C=O) groups excluding carboxylic acids is 2. The van der Waals surface area contributed by atoms with Gasteiger partial charge in [0.1, 0.15) is 17.5 Å². The van der Waals surface area contributed by atoms with Crippen LogP contribution in [0.15, 0.2) is 70.5 Å². The minimum absolute atomic E-state index is 0.0603. The zero-order chi connectivity index (χ0) is 39.1. The number of ether oxygens (including phenoxy) is 1. The molecule has 14 heteroatoms. The maximum absolute atomic E-state index is 16.2. The second-order valence-electron chi connectivity index (χ2n) is 15.9. The van der Waals surface area contributed by atoms with Crippen molar-refractivity contribution < 1.29 is 40.3 Å². The van der Waals surface area contributed by atoms with Gasteiger partial charge < -0.3 is 20.3 Å². The molecular weight excluding hydrogens is 737 g/mol. The number of hydrogen-bond acceptors (Lipinski definition) is 8. The van der Waals surface area contributed by atoms with Gasteiger partial charge in [-0.3, -0.25) is 14.5 Å². The fraction of sp³-hybridized carbons (Fsp3) is 0.512. The van der Waals surface area contributed by atoms with E-state index < -0.39 is 48.4 Å². The minimum Gasteiger partial charge on any atom is -0.469 e. The minimum atomic E-state index is -4.33. The molecule has 296 valence electrons. The summed E-state index contributed by atoms with van der Waals surface area (Å²) in [6.07, 6.45) is 5.88. The Morgan fingerprint density at radius 1 is 0.873 bits per heavy atom. The van der Waals surface area contributed by atoms with Crippen molar-refractivity contribution in [3.05, 3.63) is 89.2 Å². The van der Waals surface area contributed by atoms with E-state index in [1.807, 2.05) is 6.07 Å². The number of benzene rings is 3. The monoisotopic (exact) mass is 784 g/mol. The number of primary amides is 1. The summed E-state index contributed by atoms with van der Waals surface area (Å²) in [7, 11) is -2.91. The SMILES string of the molecule is COC(=O)C[C@H]1CCC[C@@H]1[C@](CN1CCC1)(c1cccc(F)c1)C1CCN(CC2(F)CN(c3ccc(S(=O)(=O)c4ccc(C(N)=O)c(F)c4)cc3F)C2)CC1. The summed E-state index contributed by atoms with van der Waals surface area (Å²) in [5.41, 5.74) is 3.68. The molecule has 0 bridgehead atoms. The lowest BCUT2D eigenvalue weighted by atomic mass is 9.56. The second kappa shape index (κ2) is 15.5. The molecule has 3 heterocycles. The normalized spacial score (nSPS) is 23.1. The second-order valence-corrected chi connectivity index (χ2v) is 17.9. The number of esters is 1. The molecule has 3 aliphatic heterocycles. The summed E-state index contributed by atoms with van der Waals surface area (Å²) in [5.74, 6) is -3.04. The number of piperidine rings is 1. The Labute approximate surface area is 319 Å². The van der Waals surface area contributed by atoms with E-state index in [9.17, 15) is 26.8 Å². The van der Waals surface area contributed by atoms with Crippen LogP contribution in [0.3, 0.4) is 0 Å². The standard InChI is InChI=1S/C41H48F4N4O5S/c1-54-38(50)19-27-5-2-8-34(27)41(26-47-15-4-16-47,29-6-3-7-30(42)20-29)28-13-17-48(18-14-28)23-40(45)24-49(25-40)37-12-10-32(22-36(37)44)55(52,53)31-9-11-33(39(46)51)35(43)21-31/h3,6-7,9-12,20-22,27-28,34H,2,4-5,8,13-19,23-26H2,1H3,(H2,46,51)/t27-,34+,41+/m1/s1. The molecule has 1 amide bonds. The number of hydrogen-bond donors (Lipinski definition) is 1. The highest BCUT2D eigenvalue weighted by Crippen LogP contribution is 2.54. The first-order valence-corrected chi connectivity index (χ1v) is 20.6. The van der Waals surface area contributed by atoms with Gasteiger partial charge in [-0.1, -0.05) is 18.6 Å². The van der Waals surface area contributed by atoms with Crippen LogP contribution in [0.25, 0.3) is 0 Å². The molecule has 55 heavy (non-hydrogen) atoms. The first kappa shape index (κ1) is 39.2. The molecule has 3 aromatic carbocycles. The van der Waals surface area contributed by atoms with Crippen LogP contribution in [0.1, 0.15) is 60.9 Å². The largest absolute Gasteiger partial charge is 0.469 e. The van der Waals surface area contributed by atoms with Gasteiger partial charge in [-0.15, -0.1) is 0 Å². The van der Waals surface area contributed by atoms with Gasteiger partial charge in [0.25, 0.3) is 5.91 Å². The maximum atomic E-state index is 16.2. The van der Waals surface area contributed by atoms with Crippen LogP contribution in [-0.2, 0) is 24.8 Å². The van der Waals surface area contributed by atoms with Crippen LogP contribution >= 0.6 is 0 Å². The molecule has 1 aliphatic carbocycles. The van der Waals surface area contributed by atoms with E-state index in [-0.39, 0.29) is 60.3 Å². The van der Waals surface area contributed by atoms with Crippen molar-refractivity contribution in [1.29, 1.82) is 0 Å². The summed E-state index contributed by atoms with van der Waals surface area (Å²) >= 11 is 0. The smallest absolute Gasteiger partial charge is 0.305 e. The molecule has 0 aromatic heterocycles. The number of carbonyl (C=O) groups is 2. The molecule has 0 spiro atoms.